The highest BCUT2D eigenvalue weighted by Gasteiger charge is 2.43. The van der Waals surface area contributed by atoms with E-state index in [2.05, 4.69) is 4.98 Å². The largest absolute Gasteiger partial charge is 0.472 e. The average Bonchev–Trinajstić information content (AvgIpc) is 3.37. The number of aromatic nitrogens is 4. The summed E-state index contributed by atoms with van der Waals surface area (Å²) in [5, 5.41) is 19.8. The first-order valence-corrected chi connectivity index (χ1v) is 12.1. The maximum absolute atomic E-state index is 13.6. The Hall–Kier alpha value is -2.76. The average molecular weight is 535 g/mol. The molecule has 1 unspecified atom stereocenters. The van der Waals surface area contributed by atoms with Crippen molar-refractivity contribution in [1.82, 2.24) is 19.1 Å². The molecule has 2 fully saturated rings. The lowest BCUT2D eigenvalue weighted by Gasteiger charge is -2.21. The summed E-state index contributed by atoms with van der Waals surface area (Å²) in [4.78, 5) is 50.6. The van der Waals surface area contributed by atoms with Crippen molar-refractivity contribution in [2.75, 3.05) is 18.9 Å². The van der Waals surface area contributed by atoms with Gasteiger partial charge in [-0.15, -0.1) is 0 Å². The summed E-state index contributed by atoms with van der Waals surface area (Å²) in [5.74, 6) is -1.25. The van der Waals surface area contributed by atoms with Gasteiger partial charge in [-0.2, -0.15) is 9.37 Å². The minimum absolute atomic E-state index is 0.0110. The molecule has 18 heteroatoms. The zero-order chi connectivity index (χ0) is 26.2. The van der Waals surface area contributed by atoms with Crippen molar-refractivity contribution < 1.29 is 42.6 Å². The number of phosphoric acid groups is 1. The Kier molecular flexibility index (Phi) is 7.53. The van der Waals surface area contributed by atoms with Crippen LogP contribution in [0.3, 0.4) is 0 Å². The van der Waals surface area contributed by atoms with Gasteiger partial charge in [0.15, 0.2) is 0 Å². The van der Waals surface area contributed by atoms with Gasteiger partial charge in [0.05, 0.1) is 25.5 Å². The highest BCUT2D eigenvalue weighted by molar-refractivity contribution is 7.47. The summed E-state index contributed by atoms with van der Waals surface area (Å²) in [7, 11) is -4.81. The highest BCUT2D eigenvalue weighted by atomic mass is 31.2. The van der Waals surface area contributed by atoms with E-state index in [1.165, 1.54) is 12.3 Å². The molecule has 36 heavy (non-hydrogen) atoms. The van der Waals surface area contributed by atoms with Crippen LogP contribution in [0.1, 0.15) is 25.3 Å². The van der Waals surface area contributed by atoms with E-state index in [1.54, 1.807) is 4.98 Å². The third-order valence-electron chi connectivity index (χ3n) is 5.63. The van der Waals surface area contributed by atoms with Crippen LogP contribution in [0, 0.1) is 5.82 Å². The van der Waals surface area contributed by atoms with Crippen LogP contribution in [0.5, 0.6) is 0 Å². The van der Waals surface area contributed by atoms with Gasteiger partial charge >= 0.3 is 19.2 Å². The molecule has 0 amide bonds. The van der Waals surface area contributed by atoms with Gasteiger partial charge in [0.2, 0.25) is 5.82 Å². The number of nitrogens with zero attached hydrogens (tertiary/aromatic N) is 3. The number of hydrogen-bond acceptors (Lipinski definition) is 12. The molecule has 0 aromatic carbocycles. The van der Waals surface area contributed by atoms with Crippen LogP contribution >= 0.6 is 7.82 Å². The zero-order valence-electron chi connectivity index (χ0n) is 18.4. The Bertz CT molecular complexity index is 1330. The van der Waals surface area contributed by atoms with Gasteiger partial charge in [0.25, 0.3) is 5.56 Å². The van der Waals surface area contributed by atoms with E-state index in [0.717, 1.165) is 9.13 Å². The number of nitrogens with two attached hydrogens (primary N) is 1. The van der Waals surface area contributed by atoms with Gasteiger partial charge in [0, 0.05) is 19.0 Å². The van der Waals surface area contributed by atoms with Gasteiger partial charge in [-0.25, -0.2) is 14.2 Å². The number of halogens is 1. The summed E-state index contributed by atoms with van der Waals surface area (Å²) in [6, 6.07) is 1.35. The molecule has 6 N–H and O–H groups in total. The number of nitrogen functional groups attached to an aromatic ring is 1. The fraction of sp³-hybridized carbons (Fsp3) is 0.556. The molecule has 0 radical (unpaired) electrons. The SMILES string of the molecule is Nc1ccn([C@H]2C[C@@H](OP(=O)(O)OC[C@H]3O[C@@H](n4cc(F)c(=O)[nH]c4=O)C[C@@H]3O)[C@H](CO)O2)c(=O)n1. The Morgan fingerprint density at radius 2 is 1.92 bits per heavy atom. The van der Waals surface area contributed by atoms with Crippen LogP contribution in [-0.2, 0) is 23.1 Å². The topological polar surface area (TPSA) is 230 Å². The van der Waals surface area contributed by atoms with Crippen molar-refractivity contribution in [1.29, 1.82) is 0 Å². The lowest BCUT2D eigenvalue weighted by Crippen LogP contribution is -2.34. The van der Waals surface area contributed by atoms with E-state index in [-0.39, 0.29) is 18.7 Å². The molecule has 0 bridgehead atoms. The Labute approximate surface area is 200 Å². The van der Waals surface area contributed by atoms with E-state index < -0.39 is 80.7 Å². The van der Waals surface area contributed by atoms with Crippen molar-refractivity contribution in [3.8, 4) is 0 Å². The van der Waals surface area contributed by atoms with Crippen molar-refractivity contribution in [3.05, 3.63) is 55.6 Å². The minimum atomic E-state index is -4.81. The molecule has 2 aliphatic rings. The number of phosphoric ester groups is 1. The van der Waals surface area contributed by atoms with Crippen molar-refractivity contribution in [2.45, 2.75) is 49.7 Å². The Morgan fingerprint density at radius 3 is 2.61 bits per heavy atom. The van der Waals surface area contributed by atoms with Crippen molar-refractivity contribution >= 4 is 13.6 Å². The molecule has 7 atom stereocenters. The maximum Gasteiger partial charge on any atom is 0.472 e. The number of hydrogen-bond donors (Lipinski definition) is 5. The van der Waals surface area contributed by atoms with E-state index >= 15 is 0 Å². The first-order valence-electron chi connectivity index (χ1n) is 10.6. The van der Waals surface area contributed by atoms with E-state index in [4.69, 9.17) is 24.3 Å². The molecule has 198 valence electrons. The summed E-state index contributed by atoms with van der Waals surface area (Å²) >= 11 is 0. The summed E-state index contributed by atoms with van der Waals surface area (Å²) < 4.78 is 48.9. The lowest BCUT2D eigenvalue weighted by molar-refractivity contribution is -0.0576. The second-order valence-electron chi connectivity index (χ2n) is 8.07. The van der Waals surface area contributed by atoms with Crippen LogP contribution in [0.4, 0.5) is 10.2 Å². The molecule has 2 aliphatic heterocycles. The molecule has 2 aromatic rings. The minimum Gasteiger partial charge on any atom is -0.394 e. The first-order chi connectivity index (χ1) is 17.0. The van der Waals surface area contributed by atoms with Crippen LogP contribution in [0.15, 0.2) is 32.8 Å². The molecular formula is C18H23FN5O11P. The van der Waals surface area contributed by atoms with Gasteiger partial charge in [-0.05, 0) is 6.07 Å². The summed E-state index contributed by atoms with van der Waals surface area (Å²) in [6.07, 6.45) is -5.25. The predicted molar refractivity (Wildman–Crippen MR) is 115 cm³/mol. The number of ether oxygens (including phenoxy) is 2. The lowest BCUT2D eigenvalue weighted by atomic mass is 10.2. The molecule has 0 aliphatic carbocycles. The Morgan fingerprint density at radius 1 is 1.22 bits per heavy atom. The fourth-order valence-corrected chi connectivity index (χ4v) is 4.83. The molecule has 0 saturated carbocycles. The predicted octanol–water partition coefficient (Wildman–Crippen LogP) is -2.05. The van der Waals surface area contributed by atoms with Gasteiger partial charge in [-0.3, -0.25) is 28.0 Å². The normalized spacial score (nSPS) is 29.9. The monoisotopic (exact) mass is 535 g/mol. The zero-order valence-corrected chi connectivity index (χ0v) is 19.3. The van der Waals surface area contributed by atoms with Crippen molar-refractivity contribution in [3.63, 3.8) is 0 Å². The summed E-state index contributed by atoms with van der Waals surface area (Å²) in [5.41, 5.74) is 2.53. The van der Waals surface area contributed by atoms with Crippen molar-refractivity contribution in [2.24, 2.45) is 0 Å². The quantitative estimate of drug-likeness (QED) is 0.229. The van der Waals surface area contributed by atoms with Crippen LogP contribution in [0.2, 0.25) is 0 Å². The molecule has 0 spiro atoms. The molecule has 2 saturated heterocycles. The smallest absolute Gasteiger partial charge is 0.394 e. The maximum atomic E-state index is 13.6. The number of anilines is 1. The fourth-order valence-electron chi connectivity index (χ4n) is 3.87. The number of nitrogens with one attached hydrogen (secondary N) is 1. The number of aliphatic hydroxyl groups is 2. The highest BCUT2D eigenvalue weighted by Crippen LogP contribution is 2.48. The molecule has 2 aromatic heterocycles. The number of rotatable bonds is 8. The summed E-state index contributed by atoms with van der Waals surface area (Å²) in [6.45, 7) is -1.26. The molecule has 16 nitrogen and oxygen atoms in total. The van der Waals surface area contributed by atoms with E-state index in [9.17, 15) is 38.4 Å². The standard InChI is InChI=1S/C18H23FN5O11P/c19-8-5-24(18(29)22-16(8)27)14-3-9(26)12(34-14)7-32-36(30,31)35-10-4-15(33-11(10)6-25)23-2-1-13(20)21-17(23)28/h1-2,5,9-12,14-15,25-26H,3-4,6-7H2,(H,30,31)(H2,20,21,28)(H,22,27,29)/t9-,10+,11-,12+,14+,15+/m0/s1. The molecular weight excluding hydrogens is 512 g/mol. The number of H-pyrrole nitrogens is 1. The third-order valence-corrected chi connectivity index (χ3v) is 6.64. The second kappa shape index (κ2) is 10.3. The van der Waals surface area contributed by atoms with Gasteiger partial charge in [-0.1, -0.05) is 0 Å². The van der Waals surface area contributed by atoms with E-state index in [0.29, 0.717) is 6.20 Å². The van der Waals surface area contributed by atoms with Crippen LogP contribution in [0.25, 0.3) is 0 Å². The van der Waals surface area contributed by atoms with Gasteiger partial charge < -0.3 is 30.3 Å². The Balaban J connectivity index is 1.37. The first kappa shape index (κ1) is 26.3. The third kappa shape index (κ3) is 5.63. The van der Waals surface area contributed by atoms with E-state index in [1.807, 2.05) is 0 Å². The number of aromatic amines is 1. The molecule has 4 rings (SSSR count). The van der Waals surface area contributed by atoms with Crippen LogP contribution < -0.4 is 22.7 Å². The number of aliphatic hydroxyl groups excluding tert-OH is 2. The van der Waals surface area contributed by atoms with Gasteiger partial charge in [0.1, 0.15) is 36.6 Å². The van der Waals surface area contributed by atoms with Crippen LogP contribution in [-0.4, -0.2) is 71.8 Å². The second-order valence-corrected chi connectivity index (χ2v) is 9.48. The molecule has 4 heterocycles.